The van der Waals surface area contributed by atoms with Crippen molar-refractivity contribution in [3.63, 3.8) is 0 Å². The second-order valence-corrected chi connectivity index (χ2v) is 7.93. The SMILES string of the molecule is Cc1ccc(NC(=O)c2ccc(NS(=O)(=O)C(C)C)cc2)cc1F. The molecule has 0 unspecified atom stereocenters. The molecule has 7 heteroatoms. The van der Waals surface area contributed by atoms with Crippen molar-refractivity contribution >= 4 is 27.3 Å². The number of carbonyl (C=O) groups is 1. The van der Waals surface area contributed by atoms with Gasteiger partial charge in [-0.25, -0.2) is 12.8 Å². The van der Waals surface area contributed by atoms with Crippen molar-refractivity contribution in [3.05, 3.63) is 59.4 Å². The van der Waals surface area contributed by atoms with Gasteiger partial charge in [0.05, 0.1) is 5.25 Å². The summed E-state index contributed by atoms with van der Waals surface area (Å²) in [4.78, 5) is 12.1. The van der Waals surface area contributed by atoms with Crippen molar-refractivity contribution in [2.45, 2.75) is 26.0 Å². The van der Waals surface area contributed by atoms with Crippen molar-refractivity contribution in [2.75, 3.05) is 10.0 Å². The summed E-state index contributed by atoms with van der Waals surface area (Å²) in [5.41, 5.74) is 1.56. The lowest BCUT2D eigenvalue weighted by atomic mass is 10.1. The van der Waals surface area contributed by atoms with Gasteiger partial charge in [0.2, 0.25) is 10.0 Å². The highest BCUT2D eigenvalue weighted by molar-refractivity contribution is 7.93. The Morgan fingerprint density at radius 1 is 1.04 bits per heavy atom. The standard InChI is InChI=1S/C17H19FN2O3S/c1-11(2)24(22,23)20-14-8-5-13(6-9-14)17(21)19-15-7-4-12(3)16(18)10-15/h4-11,20H,1-3H3,(H,19,21). The number of carbonyl (C=O) groups excluding carboxylic acids is 1. The molecule has 0 heterocycles. The van der Waals surface area contributed by atoms with Gasteiger partial charge in [-0.2, -0.15) is 0 Å². The quantitative estimate of drug-likeness (QED) is 0.866. The van der Waals surface area contributed by atoms with Gasteiger partial charge in [0.25, 0.3) is 5.91 Å². The summed E-state index contributed by atoms with van der Waals surface area (Å²) in [5, 5.41) is 2.04. The minimum absolute atomic E-state index is 0.337. The first kappa shape index (κ1) is 17.9. The Bertz CT molecular complexity index is 847. The van der Waals surface area contributed by atoms with Crippen LogP contribution in [0.1, 0.15) is 29.8 Å². The molecule has 2 N–H and O–H groups in total. The lowest BCUT2D eigenvalue weighted by Gasteiger charge is -2.11. The average Bonchev–Trinajstić information content (AvgIpc) is 2.51. The molecule has 0 aliphatic heterocycles. The first-order valence-electron chi connectivity index (χ1n) is 7.38. The van der Waals surface area contributed by atoms with E-state index in [1.165, 1.54) is 30.3 Å². The van der Waals surface area contributed by atoms with Crippen LogP contribution in [0.2, 0.25) is 0 Å². The normalized spacial score (nSPS) is 11.4. The highest BCUT2D eigenvalue weighted by Gasteiger charge is 2.15. The number of hydrogen-bond donors (Lipinski definition) is 2. The Hall–Kier alpha value is -2.41. The molecular formula is C17H19FN2O3S. The average molecular weight is 350 g/mol. The first-order valence-corrected chi connectivity index (χ1v) is 8.93. The van der Waals surface area contributed by atoms with Crippen molar-refractivity contribution < 1.29 is 17.6 Å². The van der Waals surface area contributed by atoms with Crippen molar-refractivity contribution in [1.29, 1.82) is 0 Å². The minimum Gasteiger partial charge on any atom is -0.322 e. The van der Waals surface area contributed by atoms with E-state index in [0.717, 1.165) is 0 Å². The van der Waals surface area contributed by atoms with Crippen LogP contribution in [0.4, 0.5) is 15.8 Å². The van der Waals surface area contributed by atoms with Crippen LogP contribution in [0.15, 0.2) is 42.5 Å². The summed E-state index contributed by atoms with van der Waals surface area (Å²) in [5.74, 6) is -0.803. The van der Waals surface area contributed by atoms with E-state index in [4.69, 9.17) is 0 Å². The van der Waals surface area contributed by atoms with Crippen LogP contribution in [-0.2, 0) is 10.0 Å². The topological polar surface area (TPSA) is 75.3 Å². The van der Waals surface area contributed by atoms with Crippen LogP contribution in [0, 0.1) is 12.7 Å². The zero-order valence-corrected chi connectivity index (χ0v) is 14.4. The molecule has 24 heavy (non-hydrogen) atoms. The number of rotatable bonds is 5. The lowest BCUT2D eigenvalue weighted by Crippen LogP contribution is -2.22. The number of sulfonamides is 1. The second-order valence-electron chi connectivity index (χ2n) is 5.69. The highest BCUT2D eigenvalue weighted by Crippen LogP contribution is 2.17. The Morgan fingerprint density at radius 2 is 1.62 bits per heavy atom. The molecule has 0 aromatic heterocycles. The summed E-state index contributed by atoms with van der Waals surface area (Å²) in [6.45, 7) is 4.79. The van der Waals surface area contributed by atoms with E-state index in [1.807, 2.05) is 0 Å². The molecule has 0 atom stereocenters. The van der Waals surface area contributed by atoms with Gasteiger partial charge in [0.15, 0.2) is 0 Å². The number of amides is 1. The molecule has 128 valence electrons. The second kappa shape index (κ2) is 7.00. The molecule has 0 spiro atoms. The first-order chi connectivity index (χ1) is 11.2. The maximum absolute atomic E-state index is 13.5. The van der Waals surface area contributed by atoms with E-state index in [0.29, 0.717) is 22.5 Å². The number of benzene rings is 2. The van der Waals surface area contributed by atoms with E-state index < -0.39 is 27.0 Å². The van der Waals surface area contributed by atoms with Gasteiger partial charge in [0.1, 0.15) is 5.82 Å². The molecule has 2 rings (SSSR count). The van der Waals surface area contributed by atoms with Crippen molar-refractivity contribution in [2.24, 2.45) is 0 Å². The fourth-order valence-electron chi connectivity index (χ4n) is 1.85. The number of anilines is 2. The van der Waals surface area contributed by atoms with Crippen LogP contribution in [-0.4, -0.2) is 19.6 Å². The summed E-state index contributed by atoms with van der Waals surface area (Å²) in [6.07, 6.45) is 0. The van der Waals surface area contributed by atoms with Crippen LogP contribution < -0.4 is 10.0 Å². The van der Waals surface area contributed by atoms with E-state index in [1.54, 1.807) is 32.9 Å². The van der Waals surface area contributed by atoms with Gasteiger partial charge in [-0.05, 0) is 62.7 Å². The van der Waals surface area contributed by atoms with E-state index in [-0.39, 0.29) is 0 Å². The maximum Gasteiger partial charge on any atom is 0.255 e. The fourth-order valence-corrected chi connectivity index (χ4v) is 2.55. The van der Waals surface area contributed by atoms with E-state index in [9.17, 15) is 17.6 Å². The van der Waals surface area contributed by atoms with Crippen molar-refractivity contribution in [3.8, 4) is 0 Å². The Balaban J connectivity index is 2.10. The Kier molecular flexibility index (Phi) is 5.23. The largest absolute Gasteiger partial charge is 0.322 e. The molecule has 2 aromatic rings. The number of hydrogen-bond acceptors (Lipinski definition) is 3. The molecule has 2 aromatic carbocycles. The fraction of sp³-hybridized carbons (Fsp3) is 0.235. The van der Waals surface area contributed by atoms with Crippen LogP contribution in [0.25, 0.3) is 0 Å². The molecule has 0 aliphatic carbocycles. The summed E-state index contributed by atoms with van der Waals surface area (Å²) in [7, 11) is -3.43. The van der Waals surface area contributed by atoms with Crippen LogP contribution in [0.3, 0.4) is 0 Å². The Morgan fingerprint density at radius 3 is 2.17 bits per heavy atom. The smallest absolute Gasteiger partial charge is 0.255 e. The molecule has 0 bridgehead atoms. The highest BCUT2D eigenvalue weighted by atomic mass is 32.2. The van der Waals surface area contributed by atoms with Crippen LogP contribution in [0.5, 0.6) is 0 Å². The molecule has 0 aliphatic rings. The molecule has 1 amide bonds. The number of aryl methyl sites for hydroxylation is 1. The minimum atomic E-state index is -3.43. The molecule has 5 nitrogen and oxygen atoms in total. The van der Waals surface area contributed by atoms with Gasteiger partial charge in [0, 0.05) is 16.9 Å². The van der Waals surface area contributed by atoms with Gasteiger partial charge in [-0.1, -0.05) is 6.07 Å². The van der Waals surface area contributed by atoms with Gasteiger partial charge in [-0.3, -0.25) is 9.52 Å². The van der Waals surface area contributed by atoms with Crippen LogP contribution >= 0.6 is 0 Å². The maximum atomic E-state index is 13.5. The molecule has 0 saturated carbocycles. The monoisotopic (exact) mass is 350 g/mol. The number of nitrogens with one attached hydrogen (secondary N) is 2. The summed E-state index contributed by atoms with van der Waals surface area (Å²) < 4.78 is 39.5. The third kappa shape index (κ3) is 4.32. The lowest BCUT2D eigenvalue weighted by molar-refractivity contribution is 0.102. The van der Waals surface area contributed by atoms with Crippen molar-refractivity contribution in [1.82, 2.24) is 0 Å². The molecular weight excluding hydrogens is 331 g/mol. The number of halogens is 1. The summed E-state index contributed by atoms with van der Waals surface area (Å²) >= 11 is 0. The molecule has 0 fully saturated rings. The predicted molar refractivity (Wildman–Crippen MR) is 93.2 cm³/mol. The van der Waals surface area contributed by atoms with Gasteiger partial charge < -0.3 is 5.32 Å². The summed E-state index contributed by atoms with van der Waals surface area (Å²) in [6, 6.07) is 10.4. The third-order valence-electron chi connectivity index (χ3n) is 3.46. The van der Waals surface area contributed by atoms with E-state index >= 15 is 0 Å². The molecule has 0 radical (unpaired) electrons. The predicted octanol–water partition coefficient (Wildman–Crippen LogP) is 3.54. The van der Waals surface area contributed by atoms with Gasteiger partial charge >= 0.3 is 0 Å². The zero-order chi connectivity index (χ0) is 17.9. The van der Waals surface area contributed by atoms with E-state index in [2.05, 4.69) is 10.0 Å². The van der Waals surface area contributed by atoms with Gasteiger partial charge in [-0.15, -0.1) is 0 Å². The zero-order valence-electron chi connectivity index (χ0n) is 13.6. The third-order valence-corrected chi connectivity index (χ3v) is 5.22. The molecule has 0 saturated heterocycles. The Labute approximate surface area is 141 Å².